The van der Waals surface area contributed by atoms with Crippen LogP contribution in [0.2, 0.25) is 0 Å². The molecular formula is C17H22O9. The van der Waals surface area contributed by atoms with Crippen LogP contribution in [0.5, 0.6) is 0 Å². The minimum atomic E-state index is -1.57. The Morgan fingerprint density at radius 1 is 1.31 bits per heavy atom. The summed E-state index contributed by atoms with van der Waals surface area (Å²) in [5, 5.41) is 0. The zero-order valence-corrected chi connectivity index (χ0v) is 15.1. The van der Waals surface area contributed by atoms with Gasteiger partial charge in [0.2, 0.25) is 0 Å². The molecule has 144 valence electrons. The van der Waals surface area contributed by atoms with Crippen LogP contribution < -0.4 is 0 Å². The van der Waals surface area contributed by atoms with Gasteiger partial charge in [-0.05, 0) is 20.3 Å². The molecule has 3 saturated heterocycles. The maximum Gasteiger partial charge on any atom is 0.347 e. The van der Waals surface area contributed by atoms with Crippen molar-refractivity contribution in [3.63, 3.8) is 0 Å². The fourth-order valence-corrected chi connectivity index (χ4v) is 3.58. The summed E-state index contributed by atoms with van der Waals surface area (Å²) in [4.78, 5) is 48.1. The second-order valence-corrected chi connectivity index (χ2v) is 7.39. The van der Waals surface area contributed by atoms with Crippen LogP contribution in [0.25, 0.3) is 0 Å². The van der Waals surface area contributed by atoms with Gasteiger partial charge in [0, 0.05) is 0 Å². The Balaban J connectivity index is 1.64. The van der Waals surface area contributed by atoms with Crippen LogP contribution in [0, 0.1) is 17.3 Å². The smallest absolute Gasteiger partial charge is 0.347 e. The molecule has 0 saturated carbocycles. The van der Waals surface area contributed by atoms with Gasteiger partial charge >= 0.3 is 23.9 Å². The number of hydrogen-bond donors (Lipinski definition) is 0. The molecule has 9 heteroatoms. The highest BCUT2D eigenvalue weighted by Crippen LogP contribution is 2.56. The van der Waals surface area contributed by atoms with Crippen molar-refractivity contribution in [2.75, 3.05) is 13.7 Å². The molecule has 0 amide bonds. The van der Waals surface area contributed by atoms with Gasteiger partial charge in [-0.2, -0.15) is 0 Å². The molecular weight excluding hydrogens is 348 g/mol. The van der Waals surface area contributed by atoms with Crippen LogP contribution in [-0.4, -0.2) is 55.6 Å². The van der Waals surface area contributed by atoms with Crippen LogP contribution in [-0.2, 0) is 42.9 Å². The van der Waals surface area contributed by atoms with Crippen LogP contribution in [0.3, 0.4) is 0 Å². The minimum Gasteiger partial charge on any atom is -0.469 e. The number of carbonyl (C=O) groups excluding carboxylic acids is 4. The van der Waals surface area contributed by atoms with E-state index in [1.165, 1.54) is 7.11 Å². The van der Waals surface area contributed by atoms with Crippen molar-refractivity contribution in [2.24, 2.45) is 17.3 Å². The lowest BCUT2D eigenvalue weighted by atomic mass is 9.78. The predicted octanol–water partition coefficient (Wildman–Crippen LogP) is 0.339. The van der Waals surface area contributed by atoms with Crippen LogP contribution in [0.15, 0.2) is 0 Å². The fraction of sp³-hybridized carbons (Fsp3) is 0.765. The molecule has 5 atom stereocenters. The molecule has 0 N–H and O–H groups in total. The molecule has 0 aromatic rings. The summed E-state index contributed by atoms with van der Waals surface area (Å²) in [5.74, 6) is -5.79. The molecule has 3 aliphatic rings. The Hall–Kier alpha value is -2.16. The van der Waals surface area contributed by atoms with E-state index in [1.54, 1.807) is 13.8 Å². The number of ether oxygens (including phenoxy) is 5. The third-order valence-corrected chi connectivity index (χ3v) is 5.42. The summed E-state index contributed by atoms with van der Waals surface area (Å²) >= 11 is 0. The molecule has 0 aromatic carbocycles. The van der Waals surface area contributed by atoms with Crippen molar-refractivity contribution in [2.45, 2.75) is 51.6 Å². The molecule has 3 fully saturated rings. The molecule has 0 spiro atoms. The molecule has 0 radical (unpaired) electrons. The molecule has 5 unspecified atom stereocenters. The fourth-order valence-electron chi connectivity index (χ4n) is 3.58. The molecule has 3 aliphatic heterocycles. The highest BCUT2D eigenvalue weighted by molar-refractivity contribution is 5.87. The van der Waals surface area contributed by atoms with Crippen molar-refractivity contribution >= 4 is 23.9 Å². The lowest BCUT2D eigenvalue weighted by Gasteiger charge is -2.29. The third kappa shape index (κ3) is 2.74. The van der Waals surface area contributed by atoms with Crippen LogP contribution >= 0.6 is 0 Å². The van der Waals surface area contributed by atoms with E-state index in [0.717, 1.165) is 0 Å². The number of hydrogen-bond acceptors (Lipinski definition) is 9. The van der Waals surface area contributed by atoms with Gasteiger partial charge in [-0.15, -0.1) is 0 Å². The average Bonchev–Trinajstić information content (AvgIpc) is 3.18. The second kappa shape index (κ2) is 6.22. The van der Waals surface area contributed by atoms with Gasteiger partial charge in [0.05, 0.1) is 31.0 Å². The topological polar surface area (TPSA) is 114 Å². The van der Waals surface area contributed by atoms with Gasteiger partial charge < -0.3 is 23.7 Å². The zero-order chi connectivity index (χ0) is 19.3. The van der Waals surface area contributed by atoms with Gasteiger partial charge in [0.25, 0.3) is 5.79 Å². The van der Waals surface area contributed by atoms with Crippen molar-refractivity contribution in [3.8, 4) is 0 Å². The predicted molar refractivity (Wildman–Crippen MR) is 82.2 cm³/mol. The van der Waals surface area contributed by atoms with Gasteiger partial charge in [0.1, 0.15) is 12.0 Å². The molecule has 9 nitrogen and oxygen atoms in total. The Morgan fingerprint density at radius 2 is 2.00 bits per heavy atom. The maximum atomic E-state index is 12.2. The summed E-state index contributed by atoms with van der Waals surface area (Å²) < 4.78 is 25.9. The first-order valence-corrected chi connectivity index (χ1v) is 8.50. The van der Waals surface area contributed by atoms with Crippen molar-refractivity contribution in [1.82, 2.24) is 0 Å². The normalized spacial score (nSPS) is 34.4. The molecule has 0 aliphatic carbocycles. The summed E-state index contributed by atoms with van der Waals surface area (Å²) in [5.41, 5.74) is -0.716. The van der Waals surface area contributed by atoms with E-state index in [-0.39, 0.29) is 6.42 Å². The molecule has 2 bridgehead atoms. The SMILES string of the molecule is CCC(C)(C)C(=O)OCC(=O)OC12CC3OC1C(C(=O)O2)C3C(=O)OC. The Kier molecular flexibility index (Phi) is 4.46. The molecule has 3 heterocycles. The standard InChI is InChI=1S/C17H22O9/c1-5-16(2,3)15(21)23-7-9(18)25-17-6-8-10(13(19)22-4)11(12(17)24-8)14(20)26-17/h8,10-12H,5-7H2,1-4H3. The Labute approximate surface area is 150 Å². The van der Waals surface area contributed by atoms with Gasteiger partial charge in [-0.1, -0.05) is 6.92 Å². The summed E-state index contributed by atoms with van der Waals surface area (Å²) in [6.07, 6.45) is -0.898. The lowest BCUT2D eigenvalue weighted by molar-refractivity contribution is -0.224. The van der Waals surface area contributed by atoms with Crippen LogP contribution in [0.1, 0.15) is 33.6 Å². The maximum absolute atomic E-state index is 12.2. The molecule has 3 rings (SSSR count). The highest BCUT2D eigenvalue weighted by Gasteiger charge is 2.75. The quantitative estimate of drug-likeness (QED) is 0.482. The number of esters is 4. The first-order chi connectivity index (χ1) is 12.1. The van der Waals surface area contributed by atoms with Crippen LogP contribution in [0.4, 0.5) is 0 Å². The first kappa shape index (κ1) is 18.6. The molecule has 0 aromatic heterocycles. The summed E-state index contributed by atoms with van der Waals surface area (Å²) in [7, 11) is 1.23. The van der Waals surface area contributed by atoms with E-state index in [1.807, 2.05) is 6.92 Å². The van der Waals surface area contributed by atoms with Gasteiger partial charge in [-0.25, -0.2) is 4.79 Å². The van der Waals surface area contributed by atoms with E-state index < -0.39 is 65.7 Å². The van der Waals surface area contributed by atoms with E-state index >= 15 is 0 Å². The molecule has 26 heavy (non-hydrogen) atoms. The number of fused-ring (bicyclic) bond motifs is 1. The number of rotatable bonds is 6. The number of methoxy groups -OCH3 is 1. The highest BCUT2D eigenvalue weighted by atomic mass is 16.8. The summed E-state index contributed by atoms with van der Waals surface area (Å²) in [6.45, 7) is 4.66. The average molecular weight is 370 g/mol. The Morgan fingerprint density at radius 3 is 2.62 bits per heavy atom. The third-order valence-electron chi connectivity index (χ3n) is 5.42. The van der Waals surface area contributed by atoms with E-state index in [9.17, 15) is 19.2 Å². The lowest BCUT2D eigenvalue weighted by Crippen LogP contribution is -2.47. The second-order valence-electron chi connectivity index (χ2n) is 7.39. The van der Waals surface area contributed by atoms with Crippen molar-refractivity contribution in [3.05, 3.63) is 0 Å². The monoisotopic (exact) mass is 370 g/mol. The van der Waals surface area contributed by atoms with E-state index in [4.69, 9.17) is 23.7 Å². The van der Waals surface area contributed by atoms with E-state index in [2.05, 4.69) is 0 Å². The Bertz CT molecular complexity index is 655. The van der Waals surface area contributed by atoms with Gasteiger partial charge in [0.15, 0.2) is 6.61 Å². The summed E-state index contributed by atoms with van der Waals surface area (Å²) in [6, 6.07) is 0. The van der Waals surface area contributed by atoms with Gasteiger partial charge in [-0.3, -0.25) is 14.4 Å². The van der Waals surface area contributed by atoms with E-state index in [0.29, 0.717) is 6.42 Å². The zero-order valence-electron chi connectivity index (χ0n) is 15.1. The van der Waals surface area contributed by atoms with Crippen molar-refractivity contribution < 1.29 is 42.9 Å². The largest absolute Gasteiger partial charge is 0.469 e. The van der Waals surface area contributed by atoms with Crippen molar-refractivity contribution in [1.29, 1.82) is 0 Å². The first-order valence-electron chi connectivity index (χ1n) is 8.50. The number of carbonyl (C=O) groups is 4. The minimum absolute atomic E-state index is 0.0415.